The Morgan fingerprint density at radius 1 is 1.04 bits per heavy atom. The van der Waals surface area contributed by atoms with Crippen LogP contribution in [0.3, 0.4) is 0 Å². The summed E-state index contributed by atoms with van der Waals surface area (Å²) in [6.07, 6.45) is 2.56. The molecule has 1 aromatic carbocycles. The van der Waals surface area contributed by atoms with Gasteiger partial charge in [0.2, 0.25) is 11.8 Å². The van der Waals surface area contributed by atoms with Gasteiger partial charge in [-0.1, -0.05) is 30.3 Å². The molecule has 0 radical (unpaired) electrons. The highest BCUT2D eigenvalue weighted by molar-refractivity contribution is 5.92. The third-order valence-corrected chi connectivity index (χ3v) is 4.11. The Labute approximate surface area is 138 Å². The van der Waals surface area contributed by atoms with Gasteiger partial charge in [-0.25, -0.2) is 0 Å². The number of aryl methyl sites for hydroxylation is 1. The monoisotopic (exact) mass is 317 g/mol. The second kappa shape index (κ2) is 8.67. The molecule has 1 aliphatic carbocycles. The van der Waals surface area contributed by atoms with Crippen molar-refractivity contribution in [1.82, 2.24) is 15.5 Å². The van der Waals surface area contributed by atoms with Crippen LogP contribution in [0.5, 0.6) is 0 Å². The first-order valence-electron chi connectivity index (χ1n) is 8.32. The molecule has 1 saturated carbocycles. The van der Waals surface area contributed by atoms with E-state index in [-0.39, 0.29) is 23.7 Å². The summed E-state index contributed by atoms with van der Waals surface area (Å²) in [5.41, 5.74) is 1.28. The van der Waals surface area contributed by atoms with Gasteiger partial charge >= 0.3 is 0 Å². The Bertz CT molecular complexity index is 516. The van der Waals surface area contributed by atoms with E-state index in [1.807, 2.05) is 37.2 Å². The first-order valence-corrected chi connectivity index (χ1v) is 8.32. The summed E-state index contributed by atoms with van der Waals surface area (Å²) in [6.45, 7) is 2.11. The summed E-state index contributed by atoms with van der Waals surface area (Å²) in [7, 11) is 3.93. The Hall–Kier alpha value is -1.88. The van der Waals surface area contributed by atoms with Gasteiger partial charge in [0.25, 0.3) is 0 Å². The first-order chi connectivity index (χ1) is 11.1. The fraction of sp³-hybridized carbons (Fsp3) is 0.556. The Morgan fingerprint density at radius 3 is 2.26 bits per heavy atom. The van der Waals surface area contributed by atoms with Crippen LogP contribution in [0, 0.1) is 11.8 Å². The fourth-order valence-corrected chi connectivity index (χ4v) is 2.59. The van der Waals surface area contributed by atoms with Gasteiger partial charge in [0.05, 0.1) is 11.8 Å². The van der Waals surface area contributed by atoms with E-state index in [0.29, 0.717) is 19.5 Å². The van der Waals surface area contributed by atoms with Crippen molar-refractivity contribution in [2.45, 2.75) is 19.3 Å². The van der Waals surface area contributed by atoms with Gasteiger partial charge < -0.3 is 15.5 Å². The minimum absolute atomic E-state index is 0.0104. The Kier molecular flexibility index (Phi) is 6.59. The zero-order valence-corrected chi connectivity index (χ0v) is 14.0. The van der Waals surface area contributed by atoms with Crippen LogP contribution < -0.4 is 10.6 Å². The molecular formula is C18H27N3O2. The molecule has 2 amide bonds. The summed E-state index contributed by atoms with van der Waals surface area (Å²) in [4.78, 5) is 25.9. The number of hydrogen-bond donors (Lipinski definition) is 2. The number of hydrogen-bond acceptors (Lipinski definition) is 3. The second-order valence-corrected chi connectivity index (χ2v) is 6.42. The smallest absolute Gasteiger partial charge is 0.223 e. The van der Waals surface area contributed by atoms with Crippen molar-refractivity contribution in [3.8, 4) is 0 Å². The number of benzene rings is 1. The van der Waals surface area contributed by atoms with E-state index < -0.39 is 0 Å². The molecule has 0 aromatic heterocycles. The zero-order chi connectivity index (χ0) is 16.7. The first kappa shape index (κ1) is 17.5. The minimum Gasteiger partial charge on any atom is -0.356 e. The molecule has 126 valence electrons. The molecule has 2 atom stereocenters. The molecule has 0 spiro atoms. The van der Waals surface area contributed by atoms with Crippen molar-refractivity contribution in [1.29, 1.82) is 0 Å². The van der Waals surface area contributed by atoms with Crippen LogP contribution in [-0.2, 0) is 16.0 Å². The van der Waals surface area contributed by atoms with E-state index >= 15 is 0 Å². The van der Waals surface area contributed by atoms with Crippen LogP contribution in [0.25, 0.3) is 0 Å². The fourth-order valence-electron chi connectivity index (χ4n) is 2.59. The molecule has 0 saturated heterocycles. The van der Waals surface area contributed by atoms with Gasteiger partial charge in [-0.05, 0) is 38.9 Å². The molecule has 2 unspecified atom stereocenters. The quantitative estimate of drug-likeness (QED) is 0.669. The van der Waals surface area contributed by atoms with Crippen molar-refractivity contribution in [2.24, 2.45) is 11.8 Å². The molecule has 0 aliphatic heterocycles. The summed E-state index contributed by atoms with van der Waals surface area (Å²) < 4.78 is 0. The summed E-state index contributed by atoms with van der Waals surface area (Å²) >= 11 is 0. The standard InChI is InChI=1S/C18H27N3O2/c1-21(2)12-11-20-18(23)16-13-15(16)17(22)19-10-6-9-14-7-4-3-5-8-14/h3-5,7-8,15-16H,6,9-13H2,1-2H3,(H,19,22)(H,20,23). The van der Waals surface area contributed by atoms with Crippen LogP contribution in [0.15, 0.2) is 30.3 Å². The molecule has 5 heteroatoms. The lowest BCUT2D eigenvalue weighted by atomic mass is 10.1. The molecule has 1 aromatic rings. The lowest BCUT2D eigenvalue weighted by Gasteiger charge is -2.10. The van der Waals surface area contributed by atoms with E-state index in [4.69, 9.17) is 0 Å². The molecule has 23 heavy (non-hydrogen) atoms. The van der Waals surface area contributed by atoms with Crippen LogP contribution in [0.2, 0.25) is 0 Å². The Morgan fingerprint density at radius 2 is 1.65 bits per heavy atom. The molecule has 2 rings (SSSR count). The van der Waals surface area contributed by atoms with Gasteiger partial charge in [-0.15, -0.1) is 0 Å². The number of carbonyl (C=O) groups is 2. The van der Waals surface area contributed by atoms with Gasteiger partial charge in [0.1, 0.15) is 0 Å². The number of likely N-dealkylation sites (N-methyl/N-ethyl adjacent to an activating group) is 1. The topological polar surface area (TPSA) is 61.4 Å². The average Bonchev–Trinajstić information content (AvgIpc) is 3.33. The minimum atomic E-state index is -0.133. The normalized spacial score (nSPS) is 19.4. The maximum atomic E-state index is 12.0. The van der Waals surface area contributed by atoms with E-state index in [2.05, 4.69) is 22.8 Å². The van der Waals surface area contributed by atoms with Crippen molar-refractivity contribution >= 4 is 11.8 Å². The van der Waals surface area contributed by atoms with E-state index in [9.17, 15) is 9.59 Å². The molecule has 0 bridgehead atoms. The number of amides is 2. The molecular weight excluding hydrogens is 290 g/mol. The number of nitrogens with one attached hydrogen (secondary N) is 2. The maximum Gasteiger partial charge on any atom is 0.223 e. The van der Waals surface area contributed by atoms with Gasteiger partial charge in [0, 0.05) is 19.6 Å². The molecule has 5 nitrogen and oxygen atoms in total. The van der Waals surface area contributed by atoms with E-state index in [1.165, 1.54) is 5.56 Å². The van der Waals surface area contributed by atoms with E-state index in [0.717, 1.165) is 19.4 Å². The lowest BCUT2D eigenvalue weighted by molar-refractivity contribution is -0.127. The van der Waals surface area contributed by atoms with Gasteiger partial charge in [-0.2, -0.15) is 0 Å². The third-order valence-electron chi connectivity index (χ3n) is 4.11. The SMILES string of the molecule is CN(C)CCNC(=O)C1CC1C(=O)NCCCc1ccccc1. The van der Waals surface area contributed by atoms with Crippen molar-refractivity contribution in [2.75, 3.05) is 33.7 Å². The predicted octanol–water partition coefficient (Wildman–Crippen LogP) is 1.05. The van der Waals surface area contributed by atoms with Crippen molar-refractivity contribution < 1.29 is 9.59 Å². The predicted molar refractivity (Wildman–Crippen MR) is 90.9 cm³/mol. The largest absolute Gasteiger partial charge is 0.356 e. The summed E-state index contributed by atoms with van der Waals surface area (Å²) in [5, 5.41) is 5.84. The average molecular weight is 317 g/mol. The van der Waals surface area contributed by atoms with Gasteiger partial charge in [0.15, 0.2) is 0 Å². The van der Waals surface area contributed by atoms with Crippen LogP contribution >= 0.6 is 0 Å². The van der Waals surface area contributed by atoms with Crippen molar-refractivity contribution in [3.63, 3.8) is 0 Å². The highest BCUT2D eigenvalue weighted by Crippen LogP contribution is 2.38. The highest BCUT2D eigenvalue weighted by atomic mass is 16.2. The molecule has 1 fully saturated rings. The van der Waals surface area contributed by atoms with Crippen LogP contribution in [0.1, 0.15) is 18.4 Å². The van der Waals surface area contributed by atoms with Gasteiger partial charge in [-0.3, -0.25) is 9.59 Å². The Balaban J connectivity index is 1.57. The van der Waals surface area contributed by atoms with Crippen LogP contribution in [-0.4, -0.2) is 50.4 Å². The number of rotatable bonds is 9. The number of carbonyl (C=O) groups excluding carboxylic acids is 2. The third kappa shape index (κ3) is 6.02. The molecule has 2 N–H and O–H groups in total. The lowest BCUT2D eigenvalue weighted by Crippen LogP contribution is -2.34. The maximum absolute atomic E-state index is 12.0. The molecule has 0 heterocycles. The van der Waals surface area contributed by atoms with E-state index in [1.54, 1.807) is 0 Å². The summed E-state index contributed by atoms with van der Waals surface area (Å²) in [6, 6.07) is 10.2. The van der Waals surface area contributed by atoms with Crippen molar-refractivity contribution in [3.05, 3.63) is 35.9 Å². The highest BCUT2D eigenvalue weighted by Gasteiger charge is 2.47. The number of nitrogens with zero attached hydrogens (tertiary/aromatic N) is 1. The second-order valence-electron chi connectivity index (χ2n) is 6.42. The molecule has 1 aliphatic rings. The summed E-state index contributed by atoms with van der Waals surface area (Å²) in [5.74, 6) is -0.237. The zero-order valence-electron chi connectivity index (χ0n) is 14.0. The van der Waals surface area contributed by atoms with Crippen LogP contribution in [0.4, 0.5) is 0 Å².